The van der Waals surface area contributed by atoms with Crippen LogP contribution in [0.5, 0.6) is 0 Å². The summed E-state index contributed by atoms with van der Waals surface area (Å²) >= 11 is 0. The lowest BCUT2D eigenvalue weighted by molar-refractivity contribution is -0.263. The molecule has 0 saturated carbocycles. The van der Waals surface area contributed by atoms with Crippen LogP contribution in [0.25, 0.3) is 0 Å². The lowest BCUT2D eigenvalue weighted by Crippen LogP contribution is -2.62. The van der Waals surface area contributed by atoms with Crippen LogP contribution in [0.4, 0.5) is 26.3 Å². The largest absolute Gasteiger partial charge is 0.354 e. The summed E-state index contributed by atoms with van der Waals surface area (Å²) in [4.78, 5) is 0. The Bertz CT molecular complexity index is 722. The van der Waals surface area contributed by atoms with Crippen molar-refractivity contribution in [3.8, 4) is 0 Å². The van der Waals surface area contributed by atoms with E-state index in [-0.39, 0.29) is 22.8 Å². The summed E-state index contributed by atoms with van der Waals surface area (Å²) in [7, 11) is -2.57. The highest BCUT2D eigenvalue weighted by Gasteiger charge is 2.76. The summed E-state index contributed by atoms with van der Waals surface area (Å²) in [5, 5.41) is -3.41. The molecule has 1 aliphatic rings. The second kappa shape index (κ2) is 6.17. The van der Waals surface area contributed by atoms with Crippen LogP contribution in [-0.4, -0.2) is 23.4 Å². The van der Waals surface area contributed by atoms with Crippen molar-refractivity contribution in [2.75, 3.05) is 0 Å². The quantitative estimate of drug-likeness (QED) is 0.405. The van der Waals surface area contributed by atoms with Crippen molar-refractivity contribution in [3.63, 3.8) is 0 Å². The molecule has 0 amide bonds. The smallest absolute Gasteiger partial charge is 0.236 e. The normalized spacial score (nSPS) is 27.4. The molecule has 0 N–H and O–H groups in total. The fourth-order valence-corrected chi connectivity index (χ4v) is 5.39. The van der Waals surface area contributed by atoms with E-state index in [1.54, 1.807) is 12.1 Å². The Morgan fingerprint density at radius 3 is 1.60 bits per heavy atom. The number of alkyl halides is 6. The number of hydrogen-bond donors (Lipinski definition) is 0. The number of hydrogen-bond acceptors (Lipinski definition) is 0. The highest BCUT2D eigenvalue weighted by molar-refractivity contribution is 7.74. The van der Waals surface area contributed by atoms with E-state index in [1.165, 1.54) is 48.5 Å². The summed E-state index contributed by atoms with van der Waals surface area (Å²) < 4.78 is 85.7. The van der Waals surface area contributed by atoms with Crippen LogP contribution in [0.15, 0.2) is 72.8 Å². The second-order valence-corrected chi connectivity index (χ2v) is 7.99. The van der Waals surface area contributed by atoms with Gasteiger partial charge in [-0.2, -0.15) is 17.6 Å². The minimum Gasteiger partial charge on any atom is -0.236 e. The molecule has 1 aliphatic carbocycles. The fraction of sp³-hybridized carbons (Fsp3) is 0.222. The van der Waals surface area contributed by atoms with Gasteiger partial charge in [-0.15, -0.1) is 0 Å². The third-order valence-electron chi connectivity index (χ3n) is 4.05. The summed E-state index contributed by atoms with van der Waals surface area (Å²) in [6, 6.07) is 14.9. The van der Waals surface area contributed by atoms with E-state index in [9.17, 15) is 22.0 Å². The molecule has 25 heavy (non-hydrogen) atoms. The van der Waals surface area contributed by atoms with Crippen molar-refractivity contribution in [1.29, 1.82) is 0 Å². The van der Waals surface area contributed by atoms with Crippen molar-refractivity contribution >= 4 is 18.5 Å². The number of rotatable bonds is 3. The zero-order valence-electron chi connectivity index (χ0n) is 12.7. The first kappa shape index (κ1) is 18.0. The molecule has 0 aliphatic heterocycles. The minimum absolute atomic E-state index is 0.156. The average Bonchev–Trinajstić information content (AvgIpc) is 2.60. The molecule has 0 heterocycles. The van der Waals surface area contributed by atoms with Gasteiger partial charge in [0.25, 0.3) is 0 Å². The minimum atomic E-state index is -5.20. The van der Waals surface area contributed by atoms with Crippen molar-refractivity contribution in [2.45, 2.75) is 23.4 Å². The summed E-state index contributed by atoms with van der Waals surface area (Å²) in [6.45, 7) is 0. The van der Waals surface area contributed by atoms with Crippen molar-refractivity contribution in [3.05, 3.63) is 72.8 Å². The van der Waals surface area contributed by atoms with Gasteiger partial charge in [-0.05, 0) is 22.8 Å². The molecule has 0 spiro atoms. The Balaban J connectivity index is 2.24. The van der Waals surface area contributed by atoms with Crippen LogP contribution >= 0.6 is 7.92 Å². The van der Waals surface area contributed by atoms with Crippen LogP contribution in [-0.2, 0) is 0 Å². The standard InChI is InChI=1S/C18H13F6P/c19-15-11-12-16(20,18(23,24)17(15,21)22)25(13-7-3-1-4-8-13)14-9-5-2-6-10-14/h1-12,15H. The summed E-state index contributed by atoms with van der Waals surface area (Å²) in [5.41, 5.74) is 0. The molecule has 2 unspecified atom stereocenters. The zero-order chi connectivity index (χ0) is 18.3. The number of halogens is 6. The van der Waals surface area contributed by atoms with E-state index in [0.717, 1.165) is 0 Å². The van der Waals surface area contributed by atoms with Gasteiger partial charge in [-0.1, -0.05) is 60.7 Å². The van der Waals surface area contributed by atoms with Crippen molar-refractivity contribution in [1.82, 2.24) is 0 Å². The van der Waals surface area contributed by atoms with Crippen molar-refractivity contribution < 1.29 is 26.3 Å². The van der Waals surface area contributed by atoms with Gasteiger partial charge in [0, 0.05) is 7.92 Å². The molecule has 2 aromatic carbocycles. The van der Waals surface area contributed by atoms with Crippen LogP contribution in [0.3, 0.4) is 0 Å². The molecular formula is C18H13F6P. The van der Waals surface area contributed by atoms with E-state index < -0.39 is 31.3 Å². The van der Waals surface area contributed by atoms with E-state index in [0.29, 0.717) is 0 Å². The number of allylic oxidation sites excluding steroid dienone is 2. The molecule has 0 nitrogen and oxygen atoms in total. The highest BCUT2D eigenvalue weighted by Crippen LogP contribution is 2.64. The predicted octanol–water partition coefficient (Wildman–Crippen LogP) is 4.96. The number of benzene rings is 2. The van der Waals surface area contributed by atoms with Gasteiger partial charge >= 0.3 is 11.8 Å². The average molecular weight is 374 g/mol. The monoisotopic (exact) mass is 374 g/mol. The Hall–Kier alpha value is -1.81. The molecule has 0 fully saturated rings. The Morgan fingerprint density at radius 2 is 1.16 bits per heavy atom. The molecular weight excluding hydrogens is 361 g/mol. The van der Waals surface area contributed by atoms with Gasteiger partial charge in [0.2, 0.25) is 5.41 Å². The van der Waals surface area contributed by atoms with Gasteiger partial charge in [0.1, 0.15) is 0 Å². The predicted molar refractivity (Wildman–Crippen MR) is 86.8 cm³/mol. The lowest BCUT2D eigenvalue weighted by atomic mass is 9.95. The molecule has 2 atom stereocenters. The highest BCUT2D eigenvalue weighted by atomic mass is 31.1. The lowest BCUT2D eigenvalue weighted by Gasteiger charge is -2.44. The zero-order valence-corrected chi connectivity index (χ0v) is 13.6. The third-order valence-corrected chi connectivity index (χ3v) is 6.76. The van der Waals surface area contributed by atoms with Crippen LogP contribution in [0.1, 0.15) is 0 Å². The first-order valence-corrected chi connectivity index (χ1v) is 8.74. The first-order valence-electron chi connectivity index (χ1n) is 7.40. The maximum atomic E-state index is 15.6. The van der Waals surface area contributed by atoms with Gasteiger partial charge in [-0.25, -0.2) is 8.78 Å². The van der Waals surface area contributed by atoms with Gasteiger partial charge in [-0.3, -0.25) is 0 Å². The van der Waals surface area contributed by atoms with Crippen LogP contribution < -0.4 is 10.6 Å². The molecule has 7 heteroatoms. The summed E-state index contributed by atoms with van der Waals surface area (Å²) in [5.74, 6) is -10.3. The van der Waals surface area contributed by atoms with Gasteiger partial charge < -0.3 is 0 Å². The molecule has 132 valence electrons. The summed E-state index contributed by atoms with van der Waals surface area (Å²) in [6.07, 6.45) is -2.78. The van der Waals surface area contributed by atoms with Crippen molar-refractivity contribution in [2.24, 2.45) is 0 Å². The Labute approximate surface area is 141 Å². The van der Waals surface area contributed by atoms with E-state index in [1.807, 2.05) is 0 Å². The maximum absolute atomic E-state index is 15.6. The van der Waals surface area contributed by atoms with Crippen LogP contribution in [0.2, 0.25) is 0 Å². The molecule has 0 bridgehead atoms. The Morgan fingerprint density at radius 1 is 0.720 bits per heavy atom. The second-order valence-electron chi connectivity index (χ2n) is 5.64. The topological polar surface area (TPSA) is 0 Å². The third kappa shape index (κ3) is 2.67. The molecule has 0 aromatic heterocycles. The fourth-order valence-electron chi connectivity index (χ4n) is 2.74. The maximum Gasteiger partial charge on any atom is 0.354 e. The van der Waals surface area contributed by atoms with Crippen LogP contribution in [0, 0.1) is 0 Å². The van der Waals surface area contributed by atoms with Gasteiger partial charge in [0.15, 0.2) is 6.17 Å². The van der Waals surface area contributed by atoms with E-state index >= 15 is 4.39 Å². The van der Waals surface area contributed by atoms with E-state index in [4.69, 9.17) is 0 Å². The molecule has 2 aromatic rings. The van der Waals surface area contributed by atoms with E-state index in [2.05, 4.69) is 0 Å². The molecule has 3 rings (SSSR count). The first-order chi connectivity index (χ1) is 11.7. The Kier molecular flexibility index (Phi) is 4.44. The SMILES string of the molecule is FC1C=CC(F)(P(c2ccccc2)c2ccccc2)C(F)(F)C1(F)F. The van der Waals surface area contributed by atoms with Gasteiger partial charge in [0.05, 0.1) is 0 Å². The molecule has 0 saturated heterocycles. The molecule has 0 radical (unpaired) electrons.